The van der Waals surface area contributed by atoms with E-state index >= 15 is 0 Å². The Labute approximate surface area is 317 Å². The van der Waals surface area contributed by atoms with Crippen molar-refractivity contribution >= 4 is 71.6 Å². The van der Waals surface area contributed by atoms with Crippen LogP contribution in [0.3, 0.4) is 0 Å². The Morgan fingerprint density at radius 2 is 1.05 bits per heavy atom. The van der Waals surface area contributed by atoms with E-state index in [9.17, 15) is 0 Å². The van der Waals surface area contributed by atoms with Gasteiger partial charge in [-0.1, -0.05) is 121 Å². The van der Waals surface area contributed by atoms with Crippen LogP contribution in [0.1, 0.15) is 0 Å². The predicted molar refractivity (Wildman–Crippen MR) is 227 cm³/mol. The minimum absolute atomic E-state index is 0.596. The number of hydrogen-bond donors (Lipinski definition) is 0. The third kappa shape index (κ3) is 5.26. The van der Waals surface area contributed by atoms with Gasteiger partial charge in [0, 0.05) is 34.1 Å². The monoisotopic (exact) mass is 704 g/mol. The van der Waals surface area contributed by atoms with Crippen molar-refractivity contribution in [2.75, 3.05) is 4.90 Å². The van der Waals surface area contributed by atoms with Gasteiger partial charge in [0.15, 0.2) is 5.58 Å². The molecular formula is C51H32N2O2. The second-order valence-corrected chi connectivity index (χ2v) is 13.9. The average molecular weight is 705 g/mol. The van der Waals surface area contributed by atoms with Gasteiger partial charge < -0.3 is 13.7 Å². The number of oxazole rings is 1. The molecule has 0 aliphatic rings. The molecule has 0 saturated carbocycles. The standard InChI is InChI=1S/C51H32N2O2/c1-3-12-33(13-4-1)36-17-11-18-39(30-36)53(38-24-22-34(23-25-38)45-31-37-16-7-8-19-41(37)42-20-9-10-21-43(42)45)40-26-27-44-48(32-40)54-47-29-28-46-50(49(44)47)55-51(52-46)35-14-5-2-6-15-35/h1-32H. The van der Waals surface area contributed by atoms with Gasteiger partial charge in [-0.05, 0) is 111 Å². The lowest BCUT2D eigenvalue weighted by Gasteiger charge is -2.26. The van der Waals surface area contributed by atoms with Crippen LogP contribution < -0.4 is 4.90 Å². The summed E-state index contributed by atoms with van der Waals surface area (Å²) in [5.41, 5.74) is 11.8. The zero-order valence-electron chi connectivity index (χ0n) is 29.7. The minimum Gasteiger partial charge on any atom is -0.456 e. The highest BCUT2D eigenvalue weighted by Crippen LogP contribution is 2.43. The molecule has 2 heterocycles. The minimum atomic E-state index is 0.596. The van der Waals surface area contributed by atoms with Crippen molar-refractivity contribution in [1.29, 1.82) is 0 Å². The summed E-state index contributed by atoms with van der Waals surface area (Å²) in [6, 6.07) is 68.2. The molecule has 258 valence electrons. The third-order valence-electron chi connectivity index (χ3n) is 10.7. The van der Waals surface area contributed by atoms with Crippen LogP contribution in [0.15, 0.2) is 203 Å². The predicted octanol–water partition coefficient (Wildman–Crippen LogP) is 14.5. The van der Waals surface area contributed by atoms with Crippen molar-refractivity contribution in [2.45, 2.75) is 0 Å². The number of hydrogen-bond acceptors (Lipinski definition) is 4. The summed E-state index contributed by atoms with van der Waals surface area (Å²) < 4.78 is 13.0. The molecule has 4 heteroatoms. The summed E-state index contributed by atoms with van der Waals surface area (Å²) in [7, 11) is 0. The largest absolute Gasteiger partial charge is 0.456 e. The van der Waals surface area contributed by atoms with E-state index in [-0.39, 0.29) is 0 Å². The normalized spacial score (nSPS) is 11.6. The zero-order chi connectivity index (χ0) is 36.3. The maximum atomic E-state index is 6.57. The first-order valence-corrected chi connectivity index (χ1v) is 18.5. The Morgan fingerprint density at radius 1 is 0.382 bits per heavy atom. The maximum Gasteiger partial charge on any atom is 0.227 e. The van der Waals surface area contributed by atoms with Crippen LogP contribution in [0.4, 0.5) is 17.1 Å². The van der Waals surface area contributed by atoms with E-state index in [1.165, 1.54) is 38.2 Å². The second kappa shape index (κ2) is 12.6. The van der Waals surface area contributed by atoms with E-state index in [0.717, 1.165) is 61.2 Å². The fraction of sp³-hybridized carbons (Fsp3) is 0. The first-order chi connectivity index (χ1) is 27.2. The fourth-order valence-electron chi connectivity index (χ4n) is 8.06. The summed E-state index contributed by atoms with van der Waals surface area (Å²) in [5.74, 6) is 0.596. The summed E-state index contributed by atoms with van der Waals surface area (Å²) in [4.78, 5) is 7.13. The molecule has 11 rings (SSSR count). The van der Waals surface area contributed by atoms with E-state index in [1.54, 1.807) is 0 Å². The van der Waals surface area contributed by atoms with Gasteiger partial charge in [-0.15, -0.1) is 0 Å². The molecule has 0 spiro atoms. The van der Waals surface area contributed by atoms with Gasteiger partial charge in [-0.3, -0.25) is 0 Å². The number of furan rings is 1. The fourth-order valence-corrected chi connectivity index (χ4v) is 8.06. The SMILES string of the molecule is c1ccc(-c2cccc(N(c3ccc(-c4cc5ccccc5c5ccccc45)cc3)c3ccc4c(c3)oc3ccc5nc(-c6ccccc6)oc5c34)c2)cc1. The van der Waals surface area contributed by atoms with Gasteiger partial charge in [0.05, 0.1) is 5.39 Å². The quantitative estimate of drug-likeness (QED) is 0.162. The Balaban J connectivity index is 1.06. The van der Waals surface area contributed by atoms with Crippen molar-refractivity contribution in [2.24, 2.45) is 0 Å². The molecular weight excluding hydrogens is 673 g/mol. The second-order valence-electron chi connectivity index (χ2n) is 13.9. The summed E-state index contributed by atoms with van der Waals surface area (Å²) >= 11 is 0. The van der Waals surface area contributed by atoms with E-state index in [4.69, 9.17) is 13.8 Å². The zero-order valence-corrected chi connectivity index (χ0v) is 29.7. The molecule has 2 aromatic heterocycles. The number of anilines is 3. The highest BCUT2D eigenvalue weighted by molar-refractivity contribution is 6.17. The molecule has 55 heavy (non-hydrogen) atoms. The lowest BCUT2D eigenvalue weighted by atomic mass is 9.93. The first kappa shape index (κ1) is 31.1. The van der Waals surface area contributed by atoms with E-state index in [2.05, 4.69) is 157 Å². The summed E-state index contributed by atoms with van der Waals surface area (Å²) in [5, 5.41) is 6.92. The molecule has 0 N–H and O–H groups in total. The van der Waals surface area contributed by atoms with Crippen LogP contribution in [-0.2, 0) is 0 Å². The van der Waals surface area contributed by atoms with Gasteiger partial charge in [-0.2, -0.15) is 0 Å². The number of fused-ring (bicyclic) bond motifs is 8. The summed E-state index contributed by atoms with van der Waals surface area (Å²) in [6.45, 7) is 0. The van der Waals surface area contributed by atoms with E-state index < -0.39 is 0 Å². The molecule has 0 aliphatic heterocycles. The topological polar surface area (TPSA) is 42.4 Å². The molecule has 0 radical (unpaired) electrons. The van der Waals surface area contributed by atoms with Crippen LogP contribution in [0.25, 0.3) is 88.3 Å². The molecule has 0 bridgehead atoms. The van der Waals surface area contributed by atoms with Crippen molar-refractivity contribution in [3.8, 4) is 33.7 Å². The van der Waals surface area contributed by atoms with Gasteiger partial charge in [0.2, 0.25) is 5.89 Å². The molecule has 4 nitrogen and oxygen atoms in total. The number of rotatable bonds is 6. The average Bonchev–Trinajstić information content (AvgIpc) is 3.86. The van der Waals surface area contributed by atoms with Crippen molar-refractivity contribution in [1.82, 2.24) is 4.98 Å². The van der Waals surface area contributed by atoms with Crippen LogP contribution >= 0.6 is 0 Å². The third-order valence-corrected chi connectivity index (χ3v) is 10.7. The van der Waals surface area contributed by atoms with Crippen LogP contribution in [0.2, 0.25) is 0 Å². The molecule has 0 amide bonds. The van der Waals surface area contributed by atoms with Crippen LogP contribution in [0, 0.1) is 0 Å². The van der Waals surface area contributed by atoms with Gasteiger partial charge in [0.25, 0.3) is 0 Å². The Kier molecular flexibility index (Phi) is 7.14. The molecule has 0 saturated heterocycles. The summed E-state index contributed by atoms with van der Waals surface area (Å²) in [6.07, 6.45) is 0. The van der Waals surface area contributed by atoms with Crippen molar-refractivity contribution < 1.29 is 8.83 Å². The Hall–Kier alpha value is -7.43. The molecule has 0 aliphatic carbocycles. The smallest absolute Gasteiger partial charge is 0.227 e. The molecule has 0 fully saturated rings. The first-order valence-electron chi connectivity index (χ1n) is 18.5. The molecule has 0 atom stereocenters. The molecule has 0 unspecified atom stereocenters. The van der Waals surface area contributed by atoms with Gasteiger partial charge in [-0.25, -0.2) is 4.98 Å². The molecule has 11 aromatic rings. The lowest BCUT2D eigenvalue weighted by Crippen LogP contribution is -2.10. The van der Waals surface area contributed by atoms with Crippen molar-refractivity contribution in [3.05, 3.63) is 194 Å². The number of benzene rings is 9. The Morgan fingerprint density at radius 3 is 1.87 bits per heavy atom. The Bertz CT molecular complexity index is 3200. The van der Waals surface area contributed by atoms with E-state index in [1.807, 2.05) is 42.5 Å². The van der Waals surface area contributed by atoms with Crippen molar-refractivity contribution in [3.63, 3.8) is 0 Å². The highest BCUT2D eigenvalue weighted by atomic mass is 16.4. The maximum absolute atomic E-state index is 6.57. The highest BCUT2D eigenvalue weighted by Gasteiger charge is 2.20. The van der Waals surface area contributed by atoms with Crippen LogP contribution in [0.5, 0.6) is 0 Å². The van der Waals surface area contributed by atoms with Crippen LogP contribution in [-0.4, -0.2) is 4.98 Å². The van der Waals surface area contributed by atoms with Gasteiger partial charge >= 0.3 is 0 Å². The van der Waals surface area contributed by atoms with E-state index in [0.29, 0.717) is 5.89 Å². The number of nitrogens with zero attached hydrogens (tertiary/aromatic N) is 2. The van der Waals surface area contributed by atoms with Gasteiger partial charge in [0.1, 0.15) is 16.7 Å². The lowest BCUT2D eigenvalue weighted by molar-refractivity contribution is 0.622. The number of aromatic nitrogens is 1. The molecule has 9 aromatic carbocycles.